The molecule has 0 aliphatic carbocycles. The molecule has 1 aliphatic heterocycles. The van der Waals surface area contributed by atoms with E-state index in [0.717, 1.165) is 25.9 Å². The number of nitrogens with one attached hydrogen (secondary N) is 2. The molecular weight excluding hydrogens is 320 g/mol. The van der Waals surface area contributed by atoms with Crippen LogP contribution in [0.3, 0.4) is 0 Å². The maximum atomic E-state index is 12.4. The summed E-state index contributed by atoms with van der Waals surface area (Å²) >= 11 is 0. The molecule has 0 saturated carbocycles. The van der Waals surface area contributed by atoms with Crippen molar-refractivity contribution in [3.8, 4) is 0 Å². The van der Waals surface area contributed by atoms with Crippen molar-refractivity contribution in [3.63, 3.8) is 0 Å². The fourth-order valence-corrected chi connectivity index (χ4v) is 2.53. The number of benzene rings is 1. The fourth-order valence-electron chi connectivity index (χ4n) is 2.53. The van der Waals surface area contributed by atoms with E-state index in [2.05, 4.69) is 10.6 Å². The highest BCUT2D eigenvalue weighted by atomic mass is 16.5. The standard InChI is InChI=1S/C19H28N2O4/c1-4-13(2)20-19(23)16-9-5-6-10-17(16)21-18(22)14(3)25-12-15-8-7-11-24-15/h5-6,9-10,13-15H,4,7-8,11-12H2,1-3H3,(H,20,23)(H,21,22). The van der Waals surface area contributed by atoms with Crippen LogP contribution >= 0.6 is 0 Å². The monoisotopic (exact) mass is 348 g/mol. The van der Waals surface area contributed by atoms with Gasteiger partial charge in [-0.15, -0.1) is 0 Å². The van der Waals surface area contributed by atoms with Gasteiger partial charge >= 0.3 is 0 Å². The van der Waals surface area contributed by atoms with E-state index in [4.69, 9.17) is 9.47 Å². The van der Waals surface area contributed by atoms with E-state index < -0.39 is 6.10 Å². The second-order valence-corrected chi connectivity index (χ2v) is 6.43. The summed E-state index contributed by atoms with van der Waals surface area (Å²) in [5, 5.41) is 5.71. The number of ether oxygens (including phenoxy) is 2. The summed E-state index contributed by atoms with van der Waals surface area (Å²) < 4.78 is 11.1. The summed E-state index contributed by atoms with van der Waals surface area (Å²) in [6.07, 6.45) is 2.30. The first kappa shape index (κ1) is 19.4. The van der Waals surface area contributed by atoms with Crippen molar-refractivity contribution in [3.05, 3.63) is 29.8 Å². The quantitative estimate of drug-likeness (QED) is 0.757. The van der Waals surface area contributed by atoms with Gasteiger partial charge in [0.1, 0.15) is 6.10 Å². The number of amides is 2. The number of carbonyl (C=O) groups excluding carboxylic acids is 2. The molecule has 6 nitrogen and oxygen atoms in total. The van der Waals surface area contributed by atoms with E-state index >= 15 is 0 Å². The van der Waals surface area contributed by atoms with Gasteiger partial charge in [0.15, 0.2) is 0 Å². The number of rotatable bonds is 8. The molecule has 3 unspecified atom stereocenters. The molecule has 6 heteroatoms. The molecule has 1 fully saturated rings. The number of carbonyl (C=O) groups is 2. The van der Waals surface area contributed by atoms with Crippen LogP contribution in [0.15, 0.2) is 24.3 Å². The predicted octanol–water partition coefficient (Wildman–Crippen LogP) is 2.74. The van der Waals surface area contributed by atoms with Gasteiger partial charge < -0.3 is 20.1 Å². The Morgan fingerprint density at radius 1 is 1.32 bits per heavy atom. The summed E-state index contributed by atoms with van der Waals surface area (Å²) in [6.45, 7) is 6.82. The van der Waals surface area contributed by atoms with Crippen molar-refractivity contribution in [2.75, 3.05) is 18.5 Å². The molecular formula is C19H28N2O4. The lowest BCUT2D eigenvalue weighted by molar-refractivity contribution is -0.128. The lowest BCUT2D eigenvalue weighted by Gasteiger charge is -2.18. The first-order valence-corrected chi connectivity index (χ1v) is 8.95. The van der Waals surface area contributed by atoms with Gasteiger partial charge in [0.2, 0.25) is 0 Å². The molecule has 2 amide bonds. The molecule has 0 spiro atoms. The number of hydrogen-bond donors (Lipinski definition) is 2. The lowest BCUT2D eigenvalue weighted by atomic mass is 10.1. The molecule has 2 rings (SSSR count). The van der Waals surface area contributed by atoms with Crippen LogP contribution < -0.4 is 10.6 Å². The molecule has 2 N–H and O–H groups in total. The molecule has 0 radical (unpaired) electrons. The van der Waals surface area contributed by atoms with Gasteiger partial charge in [0.25, 0.3) is 11.8 Å². The minimum atomic E-state index is -0.616. The number of anilines is 1. The Hall–Kier alpha value is -1.92. The Labute approximate surface area is 149 Å². The third-order valence-electron chi connectivity index (χ3n) is 4.34. The summed E-state index contributed by atoms with van der Waals surface area (Å²) in [6, 6.07) is 7.05. The van der Waals surface area contributed by atoms with E-state index in [1.54, 1.807) is 31.2 Å². The molecule has 138 valence electrons. The minimum Gasteiger partial charge on any atom is -0.376 e. The van der Waals surface area contributed by atoms with Gasteiger partial charge in [0, 0.05) is 12.6 Å². The Bertz CT molecular complexity index is 585. The first-order valence-electron chi connectivity index (χ1n) is 8.95. The van der Waals surface area contributed by atoms with Gasteiger partial charge in [-0.3, -0.25) is 9.59 Å². The molecule has 1 saturated heterocycles. The van der Waals surface area contributed by atoms with Gasteiger partial charge in [0.05, 0.1) is 24.0 Å². The summed E-state index contributed by atoms with van der Waals surface area (Å²) in [7, 11) is 0. The Morgan fingerprint density at radius 2 is 2.08 bits per heavy atom. The van der Waals surface area contributed by atoms with Crippen LogP contribution in [-0.2, 0) is 14.3 Å². The van der Waals surface area contributed by atoms with E-state index in [1.807, 2.05) is 13.8 Å². The summed E-state index contributed by atoms with van der Waals surface area (Å²) in [5.41, 5.74) is 0.934. The molecule has 25 heavy (non-hydrogen) atoms. The van der Waals surface area contributed by atoms with Crippen molar-refractivity contribution in [2.24, 2.45) is 0 Å². The van der Waals surface area contributed by atoms with E-state index in [9.17, 15) is 9.59 Å². The van der Waals surface area contributed by atoms with Crippen LogP contribution in [0.5, 0.6) is 0 Å². The topological polar surface area (TPSA) is 76.7 Å². The van der Waals surface area contributed by atoms with Crippen LogP contribution in [0.1, 0.15) is 50.4 Å². The smallest absolute Gasteiger partial charge is 0.253 e. The SMILES string of the molecule is CCC(C)NC(=O)c1ccccc1NC(=O)C(C)OCC1CCCO1. The third-order valence-corrected chi connectivity index (χ3v) is 4.34. The summed E-state index contributed by atoms with van der Waals surface area (Å²) in [5.74, 6) is -0.472. The highest BCUT2D eigenvalue weighted by Crippen LogP contribution is 2.17. The van der Waals surface area contributed by atoms with E-state index in [0.29, 0.717) is 17.9 Å². The second kappa shape index (κ2) is 9.53. The van der Waals surface area contributed by atoms with Crippen molar-refractivity contribution in [2.45, 2.75) is 58.3 Å². The highest BCUT2D eigenvalue weighted by molar-refractivity contribution is 6.04. The van der Waals surface area contributed by atoms with Crippen molar-refractivity contribution in [1.29, 1.82) is 0 Å². The lowest BCUT2D eigenvalue weighted by Crippen LogP contribution is -2.34. The van der Waals surface area contributed by atoms with E-state index in [-0.39, 0.29) is 24.0 Å². The Kier molecular flexibility index (Phi) is 7.40. The van der Waals surface area contributed by atoms with Gasteiger partial charge in [-0.05, 0) is 45.2 Å². The predicted molar refractivity (Wildman–Crippen MR) is 96.7 cm³/mol. The highest BCUT2D eigenvalue weighted by Gasteiger charge is 2.21. The van der Waals surface area contributed by atoms with Crippen LogP contribution in [0.2, 0.25) is 0 Å². The fraction of sp³-hybridized carbons (Fsp3) is 0.579. The number of para-hydroxylation sites is 1. The first-order chi connectivity index (χ1) is 12.0. The molecule has 1 aromatic rings. The maximum absolute atomic E-state index is 12.4. The average Bonchev–Trinajstić information content (AvgIpc) is 3.13. The second-order valence-electron chi connectivity index (χ2n) is 6.43. The average molecular weight is 348 g/mol. The van der Waals surface area contributed by atoms with Crippen molar-refractivity contribution < 1.29 is 19.1 Å². The van der Waals surface area contributed by atoms with Crippen LogP contribution in [-0.4, -0.2) is 43.3 Å². The summed E-state index contributed by atoms with van der Waals surface area (Å²) in [4.78, 5) is 24.7. The molecule has 1 aromatic carbocycles. The Morgan fingerprint density at radius 3 is 2.76 bits per heavy atom. The van der Waals surface area contributed by atoms with Crippen LogP contribution in [0.4, 0.5) is 5.69 Å². The molecule has 0 bridgehead atoms. The van der Waals surface area contributed by atoms with Gasteiger partial charge in [-0.1, -0.05) is 19.1 Å². The molecule has 3 atom stereocenters. The zero-order valence-corrected chi connectivity index (χ0v) is 15.2. The van der Waals surface area contributed by atoms with E-state index in [1.165, 1.54) is 0 Å². The molecule has 0 aromatic heterocycles. The third kappa shape index (κ3) is 5.83. The minimum absolute atomic E-state index is 0.0730. The normalized spacial score (nSPS) is 19.2. The van der Waals surface area contributed by atoms with Crippen LogP contribution in [0.25, 0.3) is 0 Å². The van der Waals surface area contributed by atoms with Crippen LogP contribution in [0, 0.1) is 0 Å². The maximum Gasteiger partial charge on any atom is 0.253 e. The van der Waals surface area contributed by atoms with Gasteiger partial charge in [-0.2, -0.15) is 0 Å². The zero-order chi connectivity index (χ0) is 18.2. The zero-order valence-electron chi connectivity index (χ0n) is 15.2. The Balaban J connectivity index is 1.94. The largest absolute Gasteiger partial charge is 0.376 e. The molecule has 1 aliphatic rings. The van der Waals surface area contributed by atoms with Crippen molar-refractivity contribution in [1.82, 2.24) is 5.32 Å². The van der Waals surface area contributed by atoms with Crippen molar-refractivity contribution >= 4 is 17.5 Å². The van der Waals surface area contributed by atoms with Gasteiger partial charge in [-0.25, -0.2) is 0 Å². The molecule has 1 heterocycles. The number of hydrogen-bond acceptors (Lipinski definition) is 4.